The zero-order valence-electron chi connectivity index (χ0n) is 5.50. The zero-order valence-corrected chi connectivity index (χ0v) is 6.39. The first-order chi connectivity index (χ1) is 4.27. The Bertz CT molecular complexity index is 124. The molecule has 0 bridgehead atoms. The second kappa shape index (κ2) is 2.82. The third-order valence-corrected chi connectivity index (χ3v) is 3.28. The van der Waals surface area contributed by atoms with Gasteiger partial charge in [0.2, 0.25) is 0 Å². The Labute approximate surface area is 54.9 Å². The fourth-order valence-electron chi connectivity index (χ4n) is 0.825. The first-order valence-corrected chi connectivity index (χ1v) is 4.88. The fourth-order valence-corrected chi connectivity index (χ4v) is 2.47. The Morgan fingerprint density at radius 2 is 2.56 bits per heavy atom. The quantitative estimate of drug-likeness (QED) is 0.561. The fraction of sp³-hybridized carbons (Fsp3) is 1.00. The maximum atomic E-state index is 11.2. The van der Waals surface area contributed by atoms with Gasteiger partial charge in [-0.15, -0.1) is 0 Å². The predicted octanol–water partition coefficient (Wildman–Crippen LogP) is 1.64. The molecule has 1 aliphatic heterocycles. The highest BCUT2D eigenvalue weighted by Gasteiger charge is 2.28. The highest BCUT2D eigenvalue weighted by molar-refractivity contribution is 7.54. The summed E-state index contributed by atoms with van der Waals surface area (Å²) in [6.45, 7) is 2.90. The van der Waals surface area contributed by atoms with Crippen LogP contribution in [0.3, 0.4) is 0 Å². The second-order valence-corrected chi connectivity index (χ2v) is 4.12. The van der Waals surface area contributed by atoms with Gasteiger partial charge in [0.15, 0.2) is 0 Å². The zero-order chi connectivity index (χ0) is 6.74. The molecule has 9 heavy (non-hydrogen) atoms. The predicted molar refractivity (Wildman–Crippen MR) is 34.7 cm³/mol. The average Bonchev–Trinajstić information content (AvgIpc) is 2.16. The molecule has 0 saturated carbocycles. The molecule has 1 atom stereocenters. The second-order valence-electron chi connectivity index (χ2n) is 1.94. The molecule has 0 aromatic rings. The summed E-state index contributed by atoms with van der Waals surface area (Å²) in [5.74, 6) is 0. The Kier molecular flexibility index (Phi) is 2.28. The standard InChI is InChI=1S/C5H11O3P/c1-2-7-9(6)5-3-4-8-9/h2-5H2,1H3. The van der Waals surface area contributed by atoms with E-state index in [0.717, 1.165) is 6.42 Å². The monoisotopic (exact) mass is 150 g/mol. The highest BCUT2D eigenvalue weighted by Crippen LogP contribution is 2.52. The summed E-state index contributed by atoms with van der Waals surface area (Å²) in [7, 11) is -2.57. The molecule has 4 heteroatoms. The van der Waals surface area contributed by atoms with E-state index in [1.165, 1.54) is 0 Å². The number of rotatable bonds is 2. The van der Waals surface area contributed by atoms with Gasteiger partial charge in [0, 0.05) is 0 Å². The van der Waals surface area contributed by atoms with Crippen LogP contribution < -0.4 is 0 Å². The number of hydrogen-bond acceptors (Lipinski definition) is 3. The summed E-state index contributed by atoms with van der Waals surface area (Å²) in [5, 5.41) is 0. The molecule has 1 rings (SSSR count). The Morgan fingerprint density at radius 3 is 3.00 bits per heavy atom. The van der Waals surface area contributed by atoms with Gasteiger partial charge >= 0.3 is 7.60 Å². The van der Waals surface area contributed by atoms with Crippen molar-refractivity contribution in [2.45, 2.75) is 13.3 Å². The van der Waals surface area contributed by atoms with Crippen LogP contribution in [0.2, 0.25) is 0 Å². The molecule has 0 spiro atoms. The van der Waals surface area contributed by atoms with E-state index >= 15 is 0 Å². The van der Waals surface area contributed by atoms with E-state index in [0.29, 0.717) is 19.4 Å². The molecule has 1 unspecified atom stereocenters. The van der Waals surface area contributed by atoms with Crippen LogP contribution in [0.4, 0.5) is 0 Å². The topological polar surface area (TPSA) is 35.5 Å². The lowest BCUT2D eigenvalue weighted by molar-refractivity contribution is 0.239. The maximum absolute atomic E-state index is 11.2. The summed E-state index contributed by atoms with van der Waals surface area (Å²) < 4.78 is 21.0. The van der Waals surface area contributed by atoms with Gasteiger partial charge in [-0.05, 0) is 13.3 Å². The molecular formula is C5H11O3P. The van der Waals surface area contributed by atoms with Gasteiger partial charge < -0.3 is 9.05 Å². The van der Waals surface area contributed by atoms with Crippen molar-refractivity contribution in [3.05, 3.63) is 0 Å². The summed E-state index contributed by atoms with van der Waals surface area (Å²) in [4.78, 5) is 0. The van der Waals surface area contributed by atoms with Gasteiger partial charge in [0.25, 0.3) is 0 Å². The van der Waals surface area contributed by atoms with E-state index < -0.39 is 7.60 Å². The van der Waals surface area contributed by atoms with Crippen molar-refractivity contribution < 1.29 is 13.6 Å². The van der Waals surface area contributed by atoms with Gasteiger partial charge in [0.05, 0.1) is 19.4 Å². The summed E-state index contributed by atoms with van der Waals surface area (Å²) >= 11 is 0. The maximum Gasteiger partial charge on any atom is 0.330 e. The number of hydrogen-bond donors (Lipinski definition) is 0. The van der Waals surface area contributed by atoms with Crippen LogP contribution in [-0.4, -0.2) is 19.4 Å². The van der Waals surface area contributed by atoms with E-state index in [4.69, 9.17) is 9.05 Å². The van der Waals surface area contributed by atoms with Crippen molar-refractivity contribution in [2.24, 2.45) is 0 Å². The van der Waals surface area contributed by atoms with Crippen LogP contribution in [0.5, 0.6) is 0 Å². The van der Waals surface area contributed by atoms with Crippen LogP contribution >= 0.6 is 7.60 Å². The van der Waals surface area contributed by atoms with Crippen molar-refractivity contribution in [2.75, 3.05) is 19.4 Å². The SMILES string of the molecule is CCOP1(=O)CCCO1. The van der Waals surface area contributed by atoms with Crippen molar-refractivity contribution in [1.29, 1.82) is 0 Å². The van der Waals surface area contributed by atoms with Gasteiger partial charge in [-0.25, -0.2) is 0 Å². The van der Waals surface area contributed by atoms with Crippen LogP contribution in [0.1, 0.15) is 13.3 Å². The third-order valence-electron chi connectivity index (χ3n) is 1.19. The van der Waals surface area contributed by atoms with E-state index in [9.17, 15) is 4.57 Å². The lowest BCUT2D eigenvalue weighted by Gasteiger charge is -2.07. The molecule has 0 aromatic heterocycles. The van der Waals surface area contributed by atoms with Crippen LogP contribution in [0.25, 0.3) is 0 Å². The Morgan fingerprint density at radius 1 is 1.78 bits per heavy atom. The van der Waals surface area contributed by atoms with Crippen LogP contribution in [-0.2, 0) is 13.6 Å². The van der Waals surface area contributed by atoms with Crippen molar-refractivity contribution in [3.8, 4) is 0 Å². The Hall–Kier alpha value is 0.150. The molecule has 1 heterocycles. The molecule has 0 aromatic carbocycles. The minimum Gasteiger partial charge on any atom is -0.309 e. The summed E-state index contributed by atoms with van der Waals surface area (Å²) in [6, 6.07) is 0. The molecule has 1 aliphatic rings. The smallest absolute Gasteiger partial charge is 0.309 e. The third kappa shape index (κ3) is 1.78. The normalized spacial score (nSPS) is 35.2. The minimum atomic E-state index is -2.57. The van der Waals surface area contributed by atoms with Crippen LogP contribution in [0, 0.1) is 0 Å². The van der Waals surface area contributed by atoms with E-state index in [2.05, 4.69) is 0 Å². The van der Waals surface area contributed by atoms with Crippen molar-refractivity contribution in [1.82, 2.24) is 0 Å². The first kappa shape index (κ1) is 7.26. The summed E-state index contributed by atoms with van der Waals surface area (Å²) in [5.41, 5.74) is 0. The van der Waals surface area contributed by atoms with E-state index in [1.807, 2.05) is 6.92 Å². The largest absolute Gasteiger partial charge is 0.330 e. The van der Waals surface area contributed by atoms with E-state index in [1.54, 1.807) is 0 Å². The van der Waals surface area contributed by atoms with Gasteiger partial charge in [-0.3, -0.25) is 4.57 Å². The molecule has 54 valence electrons. The molecule has 0 aliphatic carbocycles. The average molecular weight is 150 g/mol. The minimum absolute atomic E-state index is 0.483. The molecular weight excluding hydrogens is 139 g/mol. The lowest BCUT2D eigenvalue weighted by atomic mass is 10.5. The highest BCUT2D eigenvalue weighted by atomic mass is 31.2. The molecule has 0 radical (unpaired) electrons. The first-order valence-electron chi connectivity index (χ1n) is 3.15. The van der Waals surface area contributed by atoms with Gasteiger partial charge in [-0.2, -0.15) is 0 Å². The molecule has 3 nitrogen and oxygen atoms in total. The van der Waals surface area contributed by atoms with E-state index in [-0.39, 0.29) is 0 Å². The Balaban J connectivity index is 2.42. The lowest BCUT2D eigenvalue weighted by Crippen LogP contribution is -1.88. The summed E-state index contributed by atoms with van der Waals surface area (Å²) in [6.07, 6.45) is 1.47. The van der Waals surface area contributed by atoms with Gasteiger partial charge in [-0.1, -0.05) is 0 Å². The molecule has 0 N–H and O–H groups in total. The van der Waals surface area contributed by atoms with Crippen molar-refractivity contribution in [3.63, 3.8) is 0 Å². The molecule has 0 amide bonds. The van der Waals surface area contributed by atoms with Crippen LogP contribution in [0.15, 0.2) is 0 Å². The molecule has 1 fully saturated rings. The van der Waals surface area contributed by atoms with Crippen molar-refractivity contribution >= 4 is 7.60 Å². The molecule has 1 saturated heterocycles. The van der Waals surface area contributed by atoms with Gasteiger partial charge in [0.1, 0.15) is 0 Å².